The lowest BCUT2D eigenvalue weighted by Crippen LogP contribution is -3.00. The normalized spacial score (nSPS) is 10.4. The number of rotatable bonds is 8. The van der Waals surface area contributed by atoms with E-state index in [1.54, 1.807) is 0 Å². The zero-order valence-electron chi connectivity index (χ0n) is 16.6. The lowest BCUT2D eigenvalue weighted by Gasteiger charge is -2.17. The lowest BCUT2D eigenvalue weighted by molar-refractivity contribution is -0.00000673. The Kier molecular flexibility index (Phi) is 7.03. The van der Waals surface area contributed by atoms with Crippen molar-refractivity contribution < 1.29 is 21.9 Å². The minimum atomic E-state index is -0.210. The molecule has 1 heterocycles. The van der Waals surface area contributed by atoms with Gasteiger partial charge in [0.15, 0.2) is 11.5 Å². The summed E-state index contributed by atoms with van der Waals surface area (Å²) in [5, 5.41) is 3.40. The van der Waals surface area contributed by atoms with E-state index >= 15 is 0 Å². The van der Waals surface area contributed by atoms with Crippen molar-refractivity contribution in [3.05, 3.63) is 88.3 Å². The molecule has 3 aromatic carbocycles. The van der Waals surface area contributed by atoms with Crippen LogP contribution in [0.15, 0.2) is 71.5 Å². The highest BCUT2D eigenvalue weighted by Gasteiger charge is 2.12. The molecule has 156 valence electrons. The SMILES string of the molecule is CCOc1cccc(CNc2ccc3[nH]c(=O)[nH]c3c2)c1OCc1ccccc1.[Cl-]. The van der Waals surface area contributed by atoms with Gasteiger partial charge in [0.1, 0.15) is 6.61 Å². The van der Waals surface area contributed by atoms with E-state index < -0.39 is 0 Å². The van der Waals surface area contributed by atoms with Crippen molar-refractivity contribution in [3.8, 4) is 11.5 Å². The summed E-state index contributed by atoms with van der Waals surface area (Å²) in [6.07, 6.45) is 0. The second kappa shape index (κ2) is 9.89. The summed E-state index contributed by atoms with van der Waals surface area (Å²) in [5.74, 6) is 1.47. The van der Waals surface area contributed by atoms with Crippen LogP contribution in [0.1, 0.15) is 18.1 Å². The molecule has 0 fully saturated rings. The number of aromatic nitrogens is 2. The Bertz CT molecular complexity index is 1160. The molecule has 0 unspecified atom stereocenters. The molecule has 0 atom stereocenters. The van der Waals surface area contributed by atoms with Crippen LogP contribution >= 0.6 is 0 Å². The Morgan fingerprint density at radius 3 is 2.50 bits per heavy atom. The predicted molar refractivity (Wildman–Crippen MR) is 115 cm³/mol. The van der Waals surface area contributed by atoms with Crippen LogP contribution in [0, 0.1) is 0 Å². The second-order valence-electron chi connectivity index (χ2n) is 6.64. The van der Waals surface area contributed by atoms with E-state index in [4.69, 9.17) is 9.47 Å². The van der Waals surface area contributed by atoms with E-state index in [2.05, 4.69) is 15.3 Å². The molecule has 3 N–H and O–H groups in total. The summed E-state index contributed by atoms with van der Waals surface area (Å²) in [6.45, 7) is 3.55. The minimum Gasteiger partial charge on any atom is -1.00 e. The van der Waals surface area contributed by atoms with E-state index in [1.165, 1.54) is 0 Å². The molecule has 6 nitrogen and oxygen atoms in total. The number of benzene rings is 3. The highest BCUT2D eigenvalue weighted by molar-refractivity contribution is 5.78. The van der Waals surface area contributed by atoms with Gasteiger partial charge >= 0.3 is 5.69 Å². The lowest BCUT2D eigenvalue weighted by atomic mass is 10.1. The first kappa shape index (κ1) is 21.3. The summed E-state index contributed by atoms with van der Waals surface area (Å²) in [7, 11) is 0. The Morgan fingerprint density at radius 1 is 0.900 bits per heavy atom. The standard InChI is InChI=1S/C23H23N3O3.ClH/c1-2-28-21-10-6-9-17(22(21)29-15-16-7-4-3-5-8-16)14-24-18-11-12-19-20(13-18)26-23(27)25-19;/h3-13,24H,2,14-15H2,1H3,(H2,25,26,27);1H/p-1. The summed E-state index contributed by atoms with van der Waals surface area (Å²) in [6, 6.07) is 21.7. The van der Waals surface area contributed by atoms with E-state index in [0.717, 1.165) is 39.3 Å². The topological polar surface area (TPSA) is 79.1 Å². The molecular weight excluding hydrogens is 402 g/mol. The van der Waals surface area contributed by atoms with Gasteiger partial charge in [-0.3, -0.25) is 0 Å². The first-order chi connectivity index (χ1) is 14.2. The number of para-hydroxylation sites is 1. The minimum absolute atomic E-state index is 0. The van der Waals surface area contributed by atoms with E-state index in [1.807, 2.05) is 73.7 Å². The highest BCUT2D eigenvalue weighted by atomic mass is 35.5. The third-order valence-corrected chi connectivity index (χ3v) is 4.59. The Hall–Kier alpha value is -3.38. The third kappa shape index (κ3) is 4.96. The Balaban J connectivity index is 0.00000256. The number of ether oxygens (including phenoxy) is 2. The van der Waals surface area contributed by atoms with Crippen molar-refractivity contribution in [1.82, 2.24) is 9.97 Å². The van der Waals surface area contributed by atoms with Crippen LogP contribution in [-0.4, -0.2) is 16.6 Å². The average molecular weight is 425 g/mol. The van der Waals surface area contributed by atoms with Gasteiger partial charge < -0.3 is 37.2 Å². The van der Waals surface area contributed by atoms with Gasteiger partial charge in [-0.25, -0.2) is 4.79 Å². The second-order valence-corrected chi connectivity index (χ2v) is 6.64. The smallest absolute Gasteiger partial charge is 0.323 e. The molecule has 0 spiro atoms. The average Bonchev–Trinajstić information content (AvgIpc) is 3.11. The van der Waals surface area contributed by atoms with Gasteiger partial charge in [-0.1, -0.05) is 42.5 Å². The largest absolute Gasteiger partial charge is 1.00 e. The van der Waals surface area contributed by atoms with Crippen molar-refractivity contribution >= 4 is 16.7 Å². The molecule has 30 heavy (non-hydrogen) atoms. The van der Waals surface area contributed by atoms with Crippen LogP contribution in [0.25, 0.3) is 11.0 Å². The molecule has 0 radical (unpaired) electrons. The molecular formula is C23H23ClN3O3-. The Labute approximate surface area is 180 Å². The van der Waals surface area contributed by atoms with Crippen molar-refractivity contribution in [2.24, 2.45) is 0 Å². The maximum Gasteiger partial charge on any atom is 0.323 e. The maximum atomic E-state index is 11.5. The monoisotopic (exact) mass is 424 g/mol. The number of H-pyrrole nitrogens is 2. The van der Waals surface area contributed by atoms with E-state index in [9.17, 15) is 4.79 Å². The molecule has 0 saturated carbocycles. The van der Waals surface area contributed by atoms with Crippen LogP contribution in [0.2, 0.25) is 0 Å². The molecule has 0 amide bonds. The van der Waals surface area contributed by atoms with Crippen LogP contribution in [-0.2, 0) is 13.2 Å². The number of anilines is 1. The number of fused-ring (bicyclic) bond motifs is 1. The fourth-order valence-electron chi connectivity index (χ4n) is 3.20. The zero-order chi connectivity index (χ0) is 20.1. The van der Waals surface area contributed by atoms with Gasteiger partial charge in [-0.15, -0.1) is 0 Å². The van der Waals surface area contributed by atoms with Gasteiger partial charge in [0, 0.05) is 17.8 Å². The Morgan fingerprint density at radius 2 is 1.70 bits per heavy atom. The summed E-state index contributed by atoms with van der Waals surface area (Å²) in [5.41, 5.74) is 4.34. The van der Waals surface area contributed by atoms with Gasteiger partial charge in [0.2, 0.25) is 0 Å². The van der Waals surface area contributed by atoms with E-state index in [0.29, 0.717) is 19.8 Å². The molecule has 0 bridgehead atoms. The molecule has 4 aromatic rings. The molecule has 0 aliphatic carbocycles. The first-order valence-corrected chi connectivity index (χ1v) is 9.60. The third-order valence-electron chi connectivity index (χ3n) is 4.59. The molecule has 0 aliphatic rings. The number of aromatic amines is 2. The molecule has 1 aromatic heterocycles. The van der Waals surface area contributed by atoms with Gasteiger partial charge in [0.25, 0.3) is 0 Å². The first-order valence-electron chi connectivity index (χ1n) is 9.60. The maximum absolute atomic E-state index is 11.5. The van der Waals surface area contributed by atoms with Crippen molar-refractivity contribution in [3.63, 3.8) is 0 Å². The predicted octanol–water partition coefficient (Wildman–Crippen LogP) is 1.45. The summed E-state index contributed by atoms with van der Waals surface area (Å²) < 4.78 is 11.9. The van der Waals surface area contributed by atoms with Crippen LogP contribution in [0.5, 0.6) is 11.5 Å². The van der Waals surface area contributed by atoms with Crippen molar-refractivity contribution in [2.45, 2.75) is 20.1 Å². The van der Waals surface area contributed by atoms with Crippen LogP contribution < -0.4 is 32.9 Å². The molecule has 7 heteroatoms. The van der Waals surface area contributed by atoms with Crippen LogP contribution in [0.3, 0.4) is 0 Å². The quantitative estimate of drug-likeness (QED) is 0.400. The van der Waals surface area contributed by atoms with Crippen molar-refractivity contribution in [2.75, 3.05) is 11.9 Å². The fraction of sp³-hybridized carbons (Fsp3) is 0.174. The van der Waals surface area contributed by atoms with Crippen molar-refractivity contribution in [1.29, 1.82) is 0 Å². The number of hydrogen-bond donors (Lipinski definition) is 3. The van der Waals surface area contributed by atoms with E-state index in [-0.39, 0.29) is 18.1 Å². The summed E-state index contributed by atoms with van der Waals surface area (Å²) in [4.78, 5) is 17.0. The highest BCUT2D eigenvalue weighted by Crippen LogP contribution is 2.33. The van der Waals surface area contributed by atoms with Gasteiger partial charge in [-0.2, -0.15) is 0 Å². The van der Waals surface area contributed by atoms with Gasteiger partial charge in [-0.05, 0) is 36.8 Å². The van der Waals surface area contributed by atoms with Gasteiger partial charge in [0.05, 0.1) is 17.6 Å². The number of imidazole rings is 1. The van der Waals surface area contributed by atoms with Crippen LogP contribution in [0.4, 0.5) is 5.69 Å². The molecule has 4 rings (SSSR count). The molecule has 0 saturated heterocycles. The number of nitrogens with one attached hydrogen (secondary N) is 3. The summed E-state index contributed by atoms with van der Waals surface area (Å²) >= 11 is 0. The fourth-order valence-corrected chi connectivity index (χ4v) is 3.20. The molecule has 0 aliphatic heterocycles. The zero-order valence-corrected chi connectivity index (χ0v) is 17.3. The number of hydrogen-bond acceptors (Lipinski definition) is 4. The number of halogens is 1.